The van der Waals surface area contributed by atoms with Crippen LogP contribution in [0.25, 0.3) is 0 Å². The third-order valence-corrected chi connectivity index (χ3v) is 3.04. The summed E-state index contributed by atoms with van der Waals surface area (Å²) in [5.41, 5.74) is 0.796. The smallest absolute Gasteiger partial charge is 0.451 e. The highest BCUT2D eigenvalue weighted by Gasteiger charge is 2.35. The van der Waals surface area contributed by atoms with Crippen molar-refractivity contribution in [2.75, 3.05) is 12.4 Å². The van der Waals surface area contributed by atoms with Gasteiger partial charge in [-0.15, -0.1) is 5.10 Å². The predicted molar refractivity (Wildman–Crippen MR) is 76.7 cm³/mol. The number of methoxy groups -OCH3 is 1. The fourth-order valence-corrected chi connectivity index (χ4v) is 1.92. The molecule has 1 aromatic carbocycles. The first kappa shape index (κ1) is 17.4. The molecule has 128 valence electrons. The van der Waals surface area contributed by atoms with Crippen molar-refractivity contribution in [1.82, 2.24) is 15.2 Å². The molecule has 0 saturated heterocycles. The molecule has 0 aliphatic carbocycles. The zero-order valence-electron chi connectivity index (χ0n) is 12.7. The molecule has 0 aliphatic heterocycles. The number of H-pyrrole nitrogens is 1. The fourth-order valence-electron chi connectivity index (χ4n) is 1.92. The van der Waals surface area contributed by atoms with Crippen molar-refractivity contribution >= 4 is 17.6 Å². The minimum atomic E-state index is -4.69. The van der Waals surface area contributed by atoms with E-state index in [1.54, 1.807) is 11.2 Å². The first-order valence-electron chi connectivity index (χ1n) is 6.68. The van der Waals surface area contributed by atoms with Crippen LogP contribution >= 0.6 is 0 Å². The molecule has 2 rings (SSSR count). The van der Waals surface area contributed by atoms with Gasteiger partial charge in [-0.1, -0.05) is 0 Å². The Morgan fingerprint density at radius 3 is 2.58 bits per heavy atom. The molecule has 1 aromatic heterocycles. The molecule has 0 spiro atoms. The number of halogens is 3. The number of benzene rings is 1. The number of hydrogen-bond donors (Lipinski definition) is 2. The summed E-state index contributed by atoms with van der Waals surface area (Å²) in [4.78, 5) is 26.5. The van der Waals surface area contributed by atoms with Crippen molar-refractivity contribution in [3.63, 3.8) is 0 Å². The normalized spacial score (nSPS) is 11.2. The lowest BCUT2D eigenvalue weighted by Gasteiger charge is -2.09. The second-order valence-corrected chi connectivity index (χ2v) is 4.81. The van der Waals surface area contributed by atoms with Crippen LogP contribution in [-0.2, 0) is 17.4 Å². The summed E-state index contributed by atoms with van der Waals surface area (Å²) in [6.07, 6.45) is -4.91. The maximum atomic E-state index is 12.4. The highest BCUT2D eigenvalue weighted by Crippen LogP contribution is 2.26. The second-order valence-electron chi connectivity index (χ2n) is 4.81. The summed E-state index contributed by atoms with van der Waals surface area (Å²) in [7, 11) is 1.40. The standard InChI is InChI=1S/C14H13F3N4O3/c1-7(22)8-3-4-10(24-2)9(5-8)6-11(23)18-13-19-12(20-21-13)14(15,16)17/h3-5H,6H2,1-2H3,(H2,18,19,20,21,23). The van der Waals surface area contributed by atoms with Crippen LogP contribution < -0.4 is 10.1 Å². The number of carbonyl (C=O) groups is 2. The number of anilines is 1. The third kappa shape index (κ3) is 4.09. The zero-order valence-corrected chi connectivity index (χ0v) is 12.7. The van der Waals surface area contributed by atoms with Gasteiger partial charge in [0, 0.05) is 11.1 Å². The van der Waals surface area contributed by atoms with E-state index in [1.807, 2.05) is 0 Å². The minimum absolute atomic E-state index is 0.192. The van der Waals surface area contributed by atoms with Crippen molar-refractivity contribution in [3.8, 4) is 5.75 Å². The lowest BCUT2D eigenvalue weighted by molar-refractivity contribution is -0.144. The Labute approximate surface area is 134 Å². The lowest BCUT2D eigenvalue weighted by atomic mass is 10.0. The van der Waals surface area contributed by atoms with Crippen LogP contribution in [0, 0.1) is 0 Å². The summed E-state index contributed by atoms with van der Waals surface area (Å²) in [6, 6.07) is 4.57. The predicted octanol–water partition coefficient (Wildman–Crippen LogP) is 2.22. The first-order valence-corrected chi connectivity index (χ1v) is 6.68. The number of alkyl halides is 3. The Balaban J connectivity index is 2.13. The lowest BCUT2D eigenvalue weighted by Crippen LogP contribution is -2.16. The highest BCUT2D eigenvalue weighted by atomic mass is 19.4. The maximum Gasteiger partial charge on any atom is 0.451 e. The maximum absolute atomic E-state index is 12.4. The molecule has 0 aliphatic rings. The van der Waals surface area contributed by atoms with Crippen molar-refractivity contribution in [3.05, 3.63) is 35.2 Å². The van der Waals surface area contributed by atoms with Crippen LogP contribution in [-0.4, -0.2) is 34.0 Å². The molecule has 2 aromatic rings. The Hall–Kier alpha value is -2.91. The van der Waals surface area contributed by atoms with Crippen LogP contribution in [0.15, 0.2) is 18.2 Å². The van der Waals surface area contributed by atoms with Gasteiger partial charge in [-0.3, -0.25) is 20.0 Å². The summed E-state index contributed by atoms with van der Waals surface area (Å²) in [6.45, 7) is 1.37. The quantitative estimate of drug-likeness (QED) is 0.812. The van der Waals surface area contributed by atoms with Crippen molar-refractivity contribution in [2.24, 2.45) is 0 Å². The van der Waals surface area contributed by atoms with Gasteiger partial charge in [0.05, 0.1) is 13.5 Å². The van der Waals surface area contributed by atoms with Crippen LogP contribution in [0.3, 0.4) is 0 Å². The number of Topliss-reactive ketones (excluding diaryl/α,β-unsaturated/α-hetero) is 1. The van der Waals surface area contributed by atoms with E-state index in [-0.39, 0.29) is 12.2 Å². The Bertz CT molecular complexity index is 771. The molecule has 10 heteroatoms. The zero-order chi connectivity index (χ0) is 17.9. The van der Waals surface area contributed by atoms with E-state index in [1.165, 1.54) is 26.2 Å². The molecule has 7 nitrogen and oxygen atoms in total. The summed E-state index contributed by atoms with van der Waals surface area (Å²) in [5, 5.41) is 7.12. The van der Waals surface area contributed by atoms with Crippen molar-refractivity contribution in [2.45, 2.75) is 19.5 Å². The molecule has 0 saturated carbocycles. The number of ether oxygens (including phenoxy) is 1. The van der Waals surface area contributed by atoms with Gasteiger partial charge in [-0.2, -0.15) is 18.2 Å². The minimum Gasteiger partial charge on any atom is -0.496 e. The van der Waals surface area contributed by atoms with E-state index in [9.17, 15) is 22.8 Å². The van der Waals surface area contributed by atoms with E-state index in [2.05, 4.69) is 15.4 Å². The van der Waals surface area contributed by atoms with E-state index in [0.717, 1.165) is 0 Å². The third-order valence-electron chi connectivity index (χ3n) is 3.04. The first-order chi connectivity index (χ1) is 11.2. The number of nitrogens with zero attached hydrogens (tertiary/aromatic N) is 2. The average Bonchev–Trinajstić information content (AvgIpc) is 2.95. The number of hydrogen-bond acceptors (Lipinski definition) is 5. The van der Waals surface area contributed by atoms with Gasteiger partial charge in [0.2, 0.25) is 17.7 Å². The topological polar surface area (TPSA) is 97.0 Å². The second kappa shape index (κ2) is 6.69. The average molecular weight is 342 g/mol. The van der Waals surface area contributed by atoms with Gasteiger partial charge < -0.3 is 4.74 Å². The van der Waals surface area contributed by atoms with Crippen LogP contribution in [0.1, 0.15) is 28.7 Å². The monoisotopic (exact) mass is 342 g/mol. The van der Waals surface area contributed by atoms with Gasteiger partial charge in [0.25, 0.3) is 0 Å². The molecule has 0 unspecified atom stereocenters. The molecule has 0 fully saturated rings. The number of ketones is 1. The Morgan fingerprint density at radius 2 is 2.04 bits per heavy atom. The molecule has 2 N–H and O–H groups in total. The van der Waals surface area contributed by atoms with Crippen molar-refractivity contribution in [1.29, 1.82) is 0 Å². The molecule has 1 heterocycles. The van der Waals surface area contributed by atoms with Crippen LogP contribution in [0.5, 0.6) is 5.75 Å². The van der Waals surface area contributed by atoms with Gasteiger partial charge in [-0.25, -0.2) is 0 Å². The largest absolute Gasteiger partial charge is 0.496 e. The number of aromatic amines is 1. The van der Waals surface area contributed by atoms with E-state index >= 15 is 0 Å². The highest BCUT2D eigenvalue weighted by molar-refractivity contribution is 5.95. The molecule has 0 radical (unpaired) electrons. The Morgan fingerprint density at radius 1 is 1.33 bits per heavy atom. The number of rotatable bonds is 5. The summed E-state index contributed by atoms with van der Waals surface area (Å²) >= 11 is 0. The molecular formula is C14H13F3N4O3. The number of nitrogens with one attached hydrogen (secondary N) is 2. The van der Waals surface area contributed by atoms with E-state index in [4.69, 9.17) is 4.74 Å². The Kier molecular flexibility index (Phi) is 4.86. The van der Waals surface area contributed by atoms with E-state index < -0.39 is 23.9 Å². The summed E-state index contributed by atoms with van der Waals surface area (Å²) < 4.78 is 42.3. The number of carbonyl (C=O) groups excluding carboxylic acids is 2. The van der Waals surface area contributed by atoms with Gasteiger partial charge in [0.1, 0.15) is 5.75 Å². The van der Waals surface area contributed by atoms with Gasteiger partial charge >= 0.3 is 6.18 Å². The number of aromatic nitrogens is 3. The SMILES string of the molecule is COc1ccc(C(C)=O)cc1CC(=O)Nc1n[nH]c(C(F)(F)F)n1. The van der Waals surface area contributed by atoms with E-state index in [0.29, 0.717) is 16.9 Å². The van der Waals surface area contributed by atoms with Gasteiger partial charge in [0.15, 0.2) is 5.78 Å². The molecule has 24 heavy (non-hydrogen) atoms. The molecule has 0 atom stereocenters. The molecular weight excluding hydrogens is 329 g/mol. The van der Waals surface area contributed by atoms with Crippen molar-refractivity contribution < 1.29 is 27.5 Å². The summed E-state index contributed by atoms with van der Waals surface area (Å²) in [5.74, 6) is -2.27. The van der Waals surface area contributed by atoms with Crippen LogP contribution in [0.2, 0.25) is 0 Å². The molecule has 1 amide bonds. The van der Waals surface area contributed by atoms with Gasteiger partial charge in [-0.05, 0) is 25.1 Å². The number of amides is 1. The molecule has 0 bridgehead atoms. The van der Waals surface area contributed by atoms with Crippen LogP contribution in [0.4, 0.5) is 19.1 Å². The fraction of sp³-hybridized carbons (Fsp3) is 0.286.